The van der Waals surface area contributed by atoms with Crippen molar-refractivity contribution < 1.29 is 33.7 Å². The molecule has 2 spiro atoms. The van der Waals surface area contributed by atoms with E-state index in [1.165, 1.54) is 7.11 Å². The van der Waals surface area contributed by atoms with E-state index < -0.39 is 23.3 Å². The van der Waals surface area contributed by atoms with Crippen molar-refractivity contribution in [2.24, 2.45) is 28.6 Å². The number of hydrogen-bond donors (Lipinski definition) is 1. The lowest BCUT2D eigenvalue weighted by Gasteiger charge is -2.58. The molecule has 9 atom stereocenters. The van der Waals surface area contributed by atoms with Gasteiger partial charge in [0.2, 0.25) is 0 Å². The smallest absolute Gasteiger partial charge is 0.335 e. The van der Waals surface area contributed by atoms with Gasteiger partial charge in [-0.15, -0.1) is 0 Å². The second-order valence-electron chi connectivity index (χ2n) is 11.1. The quantitative estimate of drug-likeness (QED) is 0.502. The highest BCUT2D eigenvalue weighted by Crippen LogP contribution is 2.78. The number of carbonyl (C=O) groups is 3. The summed E-state index contributed by atoms with van der Waals surface area (Å²) in [4.78, 5) is 37.5. The van der Waals surface area contributed by atoms with Crippen LogP contribution in [-0.4, -0.2) is 53.3 Å². The van der Waals surface area contributed by atoms with Gasteiger partial charge >= 0.3 is 11.9 Å². The number of fused-ring (bicyclic) bond motifs is 4. The minimum atomic E-state index is -1.08. The Balaban J connectivity index is 1.48. The van der Waals surface area contributed by atoms with Gasteiger partial charge in [0.1, 0.15) is 11.2 Å². The molecule has 2 heterocycles. The number of rotatable bonds is 1. The largest absolute Gasteiger partial charge is 0.469 e. The number of methoxy groups -OCH3 is 1. The summed E-state index contributed by atoms with van der Waals surface area (Å²) in [7, 11) is 1.42. The Hall–Kier alpha value is -1.73. The number of carbonyl (C=O) groups excluding carboxylic acids is 3. The molecule has 3 saturated carbocycles. The lowest BCUT2D eigenvalue weighted by Crippen LogP contribution is -2.63. The summed E-state index contributed by atoms with van der Waals surface area (Å²) in [5.74, 6) is -1.00. The number of hydrogen-bond acceptors (Lipinski definition) is 7. The molecule has 1 N–H and O–H groups in total. The SMILES string of the molecule is COC(=O)[C@H]1CC2=CC(=O)CC[C@]2(C)[C@]23O[C@H]2C[C@@]2(C)[C@@H](CC[C@@]24CC(O)C(=O)O4)[C@H]13. The highest BCUT2D eigenvalue weighted by atomic mass is 16.6. The normalized spacial score (nSPS) is 54.3. The Bertz CT molecular complexity index is 940. The minimum absolute atomic E-state index is 0.0563. The van der Waals surface area contributed by atoms with Crippen molar-refractivity contribution in [3.8, 4) is 0 Å². The zero-order valence-electron chi connectivity index (χ0n) is 18.3. The number of aliphatic hydroxyl groups is 1. The summed E-state index contributed by atoms with van der Waals surface area (Å²) in [5, 5.41) is 10.2. The third-order valence-corrected chi connectivity index (χ3v) is 10.3. The van der Waals surface area contributed by atoms with E-state index in [2.05, 4.69) is 13.8 Å². The number of epoxide rings is 1. The van der Waals surface area contributed by atoms with E-state index in [9.17, 15) is 19.5 Å². The number of esters is 2. The molecule has 31 heavy (non-hydrogen) atoms. The van der Waals surface area contributed by atoms with Gasteiger partial charge in [0.15, 0.2) is 11.9 Å². The van der Waals surface area contributed by atoms with Crippen molar-refractivity contribution in [1.82, 2.24) is 0 Å². The first-order valence-corrected chi connectivity index (χ1v) is 11.5. The van der Waals surface area contributed by atoms with Crippen molar-refractivity contribution in [3.05, 3.63) is 11.6 Å². The van der Waals surface area contributed by atoms with Gasteiger partial charge in [-0.2, -0.15) is 0 Å². The van der Waals surface area contributed by atoms with Crippen LogP contribution in [0, 0.1) is 28.6 Å². The second kappa shape index (κ2) is 5.79. The van der Waals surface area contributed by atoms with E-state index in [0.29, 0.717) is 25.7 Å². The molecule has 0 bridgehead atoms. The number of ketones is 1. The molecule has 0 radical (unpaired) electrons. The maximum absolute atomic E-state index is 13.0. The van der Waals surface area contributed by atoms with Gasteiger partial charge in [-0.1, -0.05) is 19.4 Å². The van der Waals surface area contributed by atoms with Gasteiger partial charge in [-0.05, 0) is 44.1 Å². The Kier molecular flexibility index (Phi) is 3.72. The van der Waals surface area contributed by atoms with Crippen LogP contribution in [0.4, 0.5) is 0 Å². The van der Waals surface area contributed by atoms with Gasteiger partial charge in [0, 0.05) is 29.6 Å². The maximum atomic E-state index is 13.0. The first-order valence-electron chi connectivity index (χ1n) is 11.5. The number of aliphatic hydroxyl groups excluding tert-OH is 1. The van der Waals surface area contributed by atoms with Crippen LogP contribution in [0.5, 0.6) is 0 Å². The van der Waals surface area contributed by atoms with Crippen LogP contribution in [0.1, 0.15) is 58.8 Å². The van der Waals surface area contributed by atoms with Crippen LogP contribution < -0.4 is 0 Å². The Morgan fingerprint density at radius 3 is 2.68 bits per heavy atom. The Labute approximate surface area is 181 Å². The van der Waals surface area contributed by atoms with Crippen molar-refractivity contribution in [3.63, 3.8) is 0 Å². The maximum Gasteiger partial charge on any atom is 0.335 e. The molecule has 2 aliphatic heterocycles. The average Bonchev–Trinajstić information content (AvgIpc) is 3.28. The second-order valence-corrected chi connectivity index (χ2v) is 11.1. The predicted octanol–water partition coefficient (Wildman–Crippen LogP) is 2.10. The van der Waals surface area contributed by atoms with Gasteiger partial charge in [-0.25, -0.2) is 4.79 Å². The molecule has 168 valence electrons. The molecule has 6 aliphatic rings. The summed E-state index contributed by atoms with van der Waals surface area (Å²) in [6, 6.07) is 0. The molecular weight excluding hydrogens is 400 g/mol. The molecule has 0 aromatic carbocycles. The van der Waals surface area contributed by atoms with E-state index in [1.807, 2.05) is 0 Å². The van der Waals surface area contributed by atoms with Gasteiger partial charge in [-0.3, -0.25) is 9.59 Å². The lowest BCUT2D eigenvalue weighted by atomic mass is 9.43. The van der Waals surface area contributed by atoms with E-state index in [1.54, 1.807) is 6.08 Å². The monoisotopic (exact) mass is 430 g/mol. The third-order valence-electron chi connectivity index (χ3n) is 10.3. The van der Waals surface area contributed by atoms with Crippen molar-refractivity contribution in [1.29, 1.82) is 0 Å². The third kappa shape index (κ3) is 2.11. The molecule has 0 aromatic rings. The topological polar surface area (TPSA) is 102 Å². The fraction of sp³-hybridized carbons (Fsp3) is 0.792. The van der Waals surface area contributed by atoms with Crippen LogP contribution in [-0.2, 0) is 28.6 Å². The van der Waals surface area contributed by atoms with Crippen LogP contribution in [0.3, 0.4) is 0 Å². The van der Waals surface area contributed by atoms with Gasteiger partial charge < -0.3 is 19.3 Å². The zero-order valence-corrected chi connectivity index (χ0v) is 18.3. The first kappa shape index (κ1) is 19.9. The summed E-state index contributed by atoms with van der Waals surface area (Å²) in [5.41, 5.74) is -0.801. The van der Waals surface area contributed by atoms with Crippen LogP contribution in [0.2, 0.25) is 0 Å². The highest BCUT2D eigenvalue weighted by Gasteiger charge is 2.83. The van der Waals surface area contributed by atoms with Gasteiger partial charge in [0.05, 0.1) is 19.1 Å². The van der Waals surface area contributed by atoms with E-state index in [4.69, 9.17) is 14.2 Å². The molecule has 1 unspecified atom stereocenters. The fourth-order valence-electron chi connectivity index (χ4n) is 8.68. The molecule has 0 amide bonds. The van der Waals surface area contributed by atoms with Gasteiger partial charge in [0.25, 0.3) is 0 Å². The first-order chi connectivity index (χ1) is 14.6. The Morgan fingerprint density at radius 2 is 2.00 bits per heavy atom. The van der Waals surface area contributed by atoms with E-state index in [-0.39, 0.29) is 46.4 Å². The lowest BCUT2D eigenvalue weighted by molar-refractivity contribution is -0.173. The van der Waals surface area contributed by atoms with Crippen LogP contribution >= 0.6 is 0 Å². The fourth-order valence-corrected chi connectivity index (χ4v) is 8.68. The zero-order chi connectivity index (χ0) is 22.0. The number of ether oxygens (including phenoxy) is 3. The molecule has 2 saturated heterocycles. The Morgan fingerprint density at radius 1 is 1.23 bits per heavy atom. The van der Waals surface area contributed by atoms with E-state index in [0.717, 1.165) is 24.8 Å². The predicted molar refractivity (Wildman–Crippen MR) is 107 cm³/mol. The van der Waals surface area contributed by atoms with Crippen LogP contribution in [0.15, 0.2) is 11.6 Å². The molecular formula is C24H30O7. The van der Waals surface area contributed by atoms with Crippen molar-refractivity contribution in [2.45, 2.75) is 82.2 Å². The summed E-state index contributed by atoms with van der Waals surface area (Å²) >= 11 is 0. The minimum Gasteiger partial charge on any atom is -0.469 e. The summed E-state index contributed by atoms with van der Waals surface area (Å²) < 4.78 is 17.7. The molecule has 4 aliphatic carbocycles. The molecule has 7 nitrogen and oxygen atoms in total. The average molecular weight is 430 g/mol. The molecule has 7 heteroatoms. The van der Waals surface area contributed by atoms with Crippen LogP contribution in [0.25, 0.3) is 0 Å². The summed E-state index contributed by atoms with van der Waals surface area (Å²) in [6.07, 6.45) is 4.93. The molecule has 6 rings (SSSR count). The molecule has 0 aromatic heterocycles. The highest BCUT2D eigenvalue weighted by molar-refractivity contribution is 5.92. The van der Waals surface area contributed by atoms with E-state index >= 15 is 0 Å². The standard InChI is InChI=1S/C24H30O7/c1-21-6-4-13(25)8-12(21)9-14(19(27)29-3)18-15-5-7-23(10-16(26)20(28)31-23)22(15,2)11-17-24(18,21)30-17/h8,14-18,26H,4-7,9-11H2,1-3H3/t14-,15-,16?,17-,18-,21-,22-,23+,24-/m0/s1. The van der Waals surface area contributed by atoms with Crippen molar-refractivity contribution >= 4 is 17.7 Å². The summed E-state index contributed by atoms with van der Waals surface area (Å²) in [6.45, 7) is 4.37. The van der Waals surface area contributed by atoms with Crippen molar-refractivity contribution in [2.75, 3.05) is 7.11 Å². The molecule has 5 fully saturated rings.